The van der Waals surface area contributed by atoms with Crippen molar-refractivity contribution in [3.05, 3.63) is 36.8 Å². The Morgan fingerprint density at radius 3 is 1.92 bits per heavy atom. The van der Waals surface area contributed by atoms with Crippen LogP contribution >= 0.6 is 16.4 Å². The number of carbonyl (C=O) groups is 2. The summed E-state index contributed by atoms with van der Waals surface area (Å²) in [5.41, 5.74) is -2.48. The number of phosphoric acid groups is 1. The first-order chi connectivity index (χ1) is 28.5. The standard InChI is InChI=1S/C38H57F3N8O11P2/c1-34(2,3)57-61(58-35(4,5)6)55-20-13-16-28(51)54-25-49-31(45-32(46-49)38(39,40)41)29-30(48-19-15-18-42-33(48)44-29)26-22-47(23-43-26)24-53-27(50)17-14-21-56-62(52,59-36(7,8)9)60-37(10,11)12/h15,18-19,22-23H,13-14,16-17,20-21,24-25H2,1-12H3. The summed E-state index contributed by atoms with van der Waals surface area (Å²) in [5, 5.41) is 3.61. The number of hydrogen-bond donors (Lipinski definition) is 0. The summed E-state index contributed by atoms with van der Waals surface area (Å²) in [5.74, 6) is -3.11. The van der Waals surface area contributed by atoms with Gasteiger partial charge >= 0.3 is 34.5 Å². The first kappa shape index (κ1) is 50.8. The summed E-state index contributed by atoms with van der Waals surface area (Å²) >= 11 is 0. The van der Waals surface area contributed by atoms with E-state index in [1.165, 1.54) is 27.7 Å². The summed E-state index contributed by atoms with van der Waals surface area (Å²) in [7, 11) is -5.70. The van der Waals surface area contributed by atoms with Crippen molar-refractivity contribution < 1.29 is 63.9 Å². The average molecular weight is 921 g/mol. The molecule has 0 aliphatic carbocycles. The van der Waals surface area contributed by atoms with Gasteiger partial charge in [-0.1, -0.05) is 0 Å². The Labute approximate surface area is 359 Å². The Kier molecular flexibility index (Phi) is 16.6. The normalized spacial score (nSPS) is 13.4. The van der Waals surface area contributed by atoms with Gasteiger partial charge in [0, 0.05) is 31.4 Å². The lowest BCUT2D eigenvalue weighted by molar-refractivity contribution is -0.149. The highest BCUT2D eigenvalue weighted by Gasteiger charge is 2.39. The van der Waals surface area contributed by atoms with E-state index in [1.54, 1.807) is 53.8 Å². The van der Waals surface area contributed by atoms with Crippen LogP contribution in [0.3, 0.4) is 0 Å². The largest absolute Gasteiger partial charge is 0.475 e. The first-order valence-corrected chi connectivity index (χ1v) is 22.2. The zero-order chi connectivity index (χ0) is 46.3. The fourth-order valence-electron chi connectivity index (χ4n) is 5.00. The molecule has 0 saturated heterocycles. The van der Waals surface area contributed by atoms with Crippen molar-refractivity contribution >= 4 is 34.1 Å². The maximum absolute atomic E-state index is 14.0. The first-order valence-electron chi connectivity index (χ1n) is 19.7. The molecule has 0 saturated carbocycles. The van der Waals surface area contributed by atoms with Crippen LogP contribution in [0.4, 0.5) is 13.2 Å². The second-order valence-electron chi connectivity index (χ2n) is 17.8. The molecule has 0 aliphatic heterocycles. The SMILES string of the molecule is CC(C)(C)OP(OCCCC(=O)OCn1nc(C(F)(F)F)nc1-c1nc2ncccn2c1-c1cn(COC(=O)CCCOP(=O)(OC(C)(C)C)OC(C)(C)C)cn1)OC(C)(C)C. The highest BCUT2D eigenvalue weighted by Crippen LogP contribution is 2.55. The maximum atomic E-state index is 14.0. The minimum Gasteiger partial charge on any atom is -0.444 e. The molecule has 4 rings (SSSR count). The summed E-state index contributed by atoms with van der Waals surface area (Å²) in [6.07, 6.45) is 1.01. The summed E-state index contributed by atoms with van der Waals surface area (Å²) in [6, 6.07) is 1.58. The quantitative estimate of drug-likeness (QED) is 0.0461. The van der Waals surface area contributed by atoms with Crippen molar-refractivity contribution in [1.82, 2.24) is 38.7 Å². The Hall–Kier alpha value is -3.88. The van der Waals surface area contributed by atoms with Gasteiger partial charge in [-0.05, 0) is 102 Å². The van der Waals surface area contributed by atoms with Gasteiger partial charge in [-0.15, -0.1) is 5.10 Å². The Morgan fingerprint density at radius 1 is 0.774 bits per heavy atom. The number of aromatic nitrogens is 8. The van der Waals surface area contributed by atoms with Gasteiger partial charge in [-0.25, -0.2) is 29.2 Å². The van der Waals surface area contributed by atoms with Gasteiger partial charge in [0.25, 0.3) is 5.82 Å². The Balaban J connectivity index is 1.44. The molecule has 24 heteroatoms. The van der Waals surface area contributed by atoms with Crippen LogP contribution in [0, 0.1) is 0 Å². The maximum Gasteiger partial charge on any atom is 0.475 e. The van der Waals surface area contributed by atoms with Crippen LogP contribution in [0.5, 0.6) is 0 Å². The minimum atomic E-state index is -4.96. The van der Waals surface area contributed by atoms with Gasteiger partial charge in [0.2, 0.25) is 5.78 Å². The number of ether oxygens (including phenoxy) is 2. The molecule has 0 bridgehead atoms. The lowest BCUT2D eigenvalue weighted by Crippen LogP contribution is -2.25. The molecule has 0 atom stereocenters. The highest BCUT2D eigenvalue weighted by molar-refractivity contribution is 7.48. The number of halogens is 3. The van der Waals surface area contributed by atoms with E-state index in [2.05, 4.69) is 25.0 Å². The lowest BCUT2D eigenvalue weighted by Gasteiger charge is -2.30. The molecule has 0 amide bonds. The van der Waals surface area contributed by atoms with E-state index >= 15 is 0 Å². The van der Waals surface area contributed by atoms with Crippen LogP contribution in [0.2, 0.25) is 0 Å². The molecule has 0 N–H and O–H groups in total. The number of carbonyl (C=O) groups excluding carboxylic acids is 2. The fourth-order valence-corrected chi connectivity index (χ4v) is 8.15. The number of imidazole rings is 2. The summed E-state index contributed by atoms with van der Waals surface area (Å²) in [6.45, 7) is 20.4. The molecular formula is C38H57F3N8O11P2. The third-order valence-electron chi connectivity index (χ3n) is 7.10. The Bertz CT molecular complexity index is 2130. The molecule has 0 spiro atoms. The molecule has 4 aromatic heterocycles. The molecule has 0 unspecified atom stereocenters. The van der Waals surface area contributed by atoms with Crippen molar-refractivity contribution in [2.24, 2.45) is 0 Å². The van der Waals surface area contributed by atoms with Gasteiger partial charge in [0.05, 0.1) is 41.9 Å². The second kappa shape index (κ2) is 20.3. The third kappa shape index (κ3) is 16.7. The minimum absolute atomic E-state index is 0.0870. The van der Waals surface area contributed by atoms with Gasteiger partial charge in [-0.3, -0.25) is 27.6 Å². The number of nitrogens with zero attached hydrogens (tertiary/aromatic N) is 8. The summed E-state index contributed by atoms with van der Waals surface area (Å²) < 4.78 is 104. The molecular weight excluding hydrogens is 863 g/mol. The van der Waals surface area contributed by atoms with Crippen molar-refractivity contribution in [2.75, 3.05) is 13.2 Å². The van der Waals surface area contributed by atoms with Crippen LogP contribution in [0.1, 0.15) is 115 Å². The van der Waals surface area contributed by atoms with Crippen LogP contribution < -0.4 is 0 Å². The van der Waals surface area contributed by atoms with Crippen LogP contribution in [0.15, 0.2) is 31.0 Å². The number of phosphoric ester groups is 1. The van der Waals surface area contributed by atoms with Crippen LogP contribution in [0.25, 0.3) is 28.7 Å². The highest BCUT2D eigenvalue weighted by atomic mass is 31.2. The zero-order valence-corrected chi connectivity index (χ0v) is 38.9. The summed E-state index contributed by atoms with van der Waals surface area (Å²) in [4.78, 5) is 42.3. The topological polar surface area (TPSA) is 204 Å². The lowest BCUT2D eigenvalue weighted by atomic mass is 10.2. The van der Waals surface area contributed by atoms with E-state index in [9.17, 15) is 27.3 Å². The van der Waals surface area contributed by atoms with Crippen LogP contribution in [-0.2, 0) is 70.4 Å². The fraction of sp³-hybridized carbons (Fsp3) is 0.658. The van der Waals surface area contributed by atoms with Gasteiger partial charge in [0.15, 0.2) is 19.3 Å². The van der Waals surface area contributed by atoms with E-state index < -0.39 is 69.5 Å². The third-order valence-corrected chi connectivity index (χ3v) is 10.9. The molecule has 346 valence electrons. The monoisotopic (exact) mass is 920 g/mol. The zero-order valence-electron chi connectivity index (χ0n) is 37.1. The molecule has 0 aliphatic rings. The van der Waals surface area contributed by atoms with Gasteiger partial charge in [-0.2, -0.15) is 13.2 Å². The van der Waals surface area contributed by atoms with Crippen molar-refractivity contribution in [3.63, 3.8) is 0 Å². The van der Waals surface area contributed by atoms with Crippen molar-refractivity contribution in [1.29, 1.82) is 0 Å². The molecule has 62 heavy (non-hydrogen) atoms. The average Bonchev–Trinajstić information content (AvgIpc) is 3.84. The molecule has 19 nitrogen and oxygen atoms in total. The molecule has 0 aromatic carbocycles. The number of esters is 2. The van der Waals surface area contributed by atoms with E-state index in [4.69, 9.17) is 36.6 Å². The Morgan fingerprint density at radius 2 is 1.35 bits per heavy atom. The molecule has 0 radical (unpaired) electrons. The molecule has 0 fully saturated rings. The van der Waals surface area contributed by atoms with Gasteiger partial charge in [0.1, 0.15) is 17.1 Å². The van der Waals surface area contributed by atoms with Crippen LogP contribution in [-0.4, -0.2) is 86.2 Å². The van der Waals surface area contributed by atoms with E-state index in [-0.39, 0.29) is 74.3 Å². The number of rotatable bonds is 20. The predicted octanol–water partition coefficient (Wildman–Crippen LogP) is 9.06. The van der Waals surface area contributed by atoms with E-state index in [1.807, 2.05) is 41.5 Å². The van der Waals surface area contributed by atoms with Crippen molar-refractivity contribution in [2.45, 2.75) is 151 Å². The van der Waals surface area contributed by atoms with E-state index in [0.29, 0.717) is 0 Å². The smallest absolute Gasteiger partial charge is 0.444 e. The van der Waals surface area contributed by atoms with Crippen molar-refractivity contribution in [3.8, 4) is 22.9 Å². The number of alkyl halides is 3. The second-order valence-corrected chi connectivity index (χ2v) is 20.4. The molecule has 4 aromatic rings. The van der Waals surface area contributed by atoms with E-state index in [0.717, 1.165) is 4.68 Å². The number of hydrogen-bond acceptors (Lipinski definition) is 16. The molecule has 4 heterocycles. The number of fused-ring (bicyclic) bond motifs is 1. The van der Waals surface area contributed by atoms with Gasteiger partial charge < -0.3 is 27.6 Å². The predicted molar refractivity (Wildman–Crippen MR) is 219 cm³/mol.